The molecule has 0 saturated carbocycles. The molecule has 0 spiro atoms. The predicted molar refractivity (Wildman–Crippen MR) is 66.4 cm³/mol. The van der Waals surface area contributed by atoms with E-state index in [2.05, 4.69) is 15.0 Å². The molecule has 0 aliphatic carbocycles. The second-order valence-corrected chi connectivity index (χ2v) is 3.96. The molecule has 3 heterocycles. The summed E-state index contributed by atoms with van der Waals surface area (Å²) in [5, 5.41) is 9.00. The molecule has 0 fully saturated rings. The van der Waals surface area contributed by atoms with E-state index in [1.807, 2.05) is 22.9 Å². The third kappa shape index (κ3) is 1.60. The van der Waals surface area contributed by atoms with Crippen molar-refractivity contribution in [1.82, 2.24) is 19.5 Å². The number of aromatic nitrogens is 4. The first-order chi connectivity index (χ1) is 8.79. The average Bonchev–Trinajstić information content (AvgIpc) is 2.82. The first kappa shape index (κ1) is 10.7. The minimum absolute atomic E-state index is 0.189. The number of pyridine rings is 1. The maximum absolute atomic E-state index is 8.81. The fourth-order valence-electron chi connectivity index (χ4n) is 1.71. The van der Waals surface area contributed by atoms with E-state index in [0.717, 1.165) is 11.0 Å². The summed E-state index contributed by atoms with van der Waals surface area (Å²) in [4.78, 5) is 12.3. The summed E-state index contributed by atoms with van der Waals surface area (Å²) in [6.07, 6.45) is 5.03. The third-order valence-corrected chi connectivity index (χ3v) is 2.85. The molecule has 0 aliphatic heterocycles. The van der Waals surface area contributed by atoms with Crippen molar-refractivity contribution in [3.8, 4) is 11.9 Å². The van der Waals surface area contributed by atoms with E-state index >= 15 is 0 Å². The Hall–Kier alpha value is -2.45. The summed E-state index contributed by atoms with van der Waals surface area (Å²) in [6, 6.07) is 7.21. The molecule has 0 aliphatic rings. The number of halogens is 1. The van der Waals surface area contributed by atoms with Crippen LogP contribution in [0.1, 0.15) is 5.56 Å². The normalized spacial score (nSPS) is 10.4. The number of hydrogen-bond acceptors (Lipinski definition) is 4. The SMILES string of the molecule is N#Cc1ccc(-n2ccc3ncncc32)nc1Cl. The predicted octanol–water partition coefficient (Wildman–Crippen LogP) is 2.34. The molecule has 0 radical (unpaired) electrons. The fraction of sp³-hybridized carbons (Fsp3) is 0. The van der Waals surface area contributed by atoms with Crippen LogP contribution < -0.4 is 0 Å². The lowest BCUT2D eigenvalue weighted by molar-refractivity contribution is 1.03. The van der Waals surface area contributed by atoms with Crippen LogP contribution in [0.25, 0.3) is 16.9 Å². The van der Waals surface area contributed by atoms with E-state index in [9.17, 15) is 0 Å². The number of rotatable bonds is 1. The van der Waals surface area contributed by atoms with E-state index in [0.29, 0.717) is 11.4 Å². The lowest BCUT2D eigenvalue weighted by Gasteiger charge is -2.04. The summed E-state index contributed by atoms with van der Waals surface area (Å²) in [5.41, 5.74) is 2.02. The van der Waals surface area contributed by atoms with Crippen LogP contribution in [-0.2, 0) is 0 Å². The molecule has 0 bridgehead atoms. The molecule has 0 N–H and O–H groups in total. The quantitative estimate of drug-likeness (QED) is 0.626. The second-order valence-electron chi connectivity index (χ2n) is 3.60. The fourth-order valence-corrected chi connectivity index (χ4v) is 1.91. The van der Waals surface area contributed by atoms with Gasteiger partial charge in [-0.25, -0.2) is 15.0 Å². The zero-order valence-electron chi connectivity index (χ0n) is 9.08. The molecule has 0 aromatic carbocycles. The van der Waals surface area contributed by atoms with Crippen molar-refractivity contribution >= 4 is 22.6 Å². The van der Waals surface area contributed by atoms with Crippen LogP contribution in [0.4, 0.5) is 0 Å². The molecule has 0 saturated heterocycles. The summed E-state index contributed by atoms with van der Waals surface area (Å²) < 4.78 is 1.82. The van der Waals surface area contributed by atoms with Gasteiger partial charge in [0.2, 0.25) is 0 Å². The zero-order valence-corrected chi connectivity index (χ0v) is 9.83. The topological polar surface area (TPSA) is 67.4 Å². The molecule has 5 nitrogen and oxygen atoms in total. The molecule has 0 amide bonds. The van der Waals surface area contributed by atoms with E-state index < -0.39 is 0 Å². The number of nitrogens with zero attached hydrogens (tertiary/aromatic N) is 5. The first-order valence-electron chi connectivity index (χ1n) is 5.13. The summed E-state index contributed by atoms with van der Waals surface area (Å²) >= 11 is 5.92. The van der Waals surface area contributed by atoms with Crippen LogP contribution in [-0.4, -0.2) is 19.5 Å². The molecule has 86 valence electrons. The maximum atomic E-state index is 8.81. The molecule has 0 atom stereocenters. The molecule has 0 unspecified atom stereocenters. The summed E-state index contributed by atoms with van der Waals surface area (Å²) in [7, 11) is 0. The van der Waals surface area contributed by atoms with Gasteiger partial charge in [-0.15, -0.1) is 0 Å². The van der Waals surface area contributed by atoms with Gasteiger partial charge >= 0.3 is 0 Å². The Morgan fingerprint density at radius 2 is 2.17 bits per heavy atom. The molecule has 18 heavy (non-hydrogen) atoms. The van der Waals surface area contributed by atoms with E-state index in [-0.39, 0.29) is 5.15 Å². The van der Waals surface area contributed by atoms with E-state index in [1.165, 1.54) is 6.33 Å². The van der Waals surface area contributed by atoms with Gasteiger partial charge in [0.15, 0.2) is 0 Å². The molecule has 3 aromatic heterocycles. The maximum Gasteiger partial charge on any atom is 0.149 e. The van der Waals surface area contributed by atoms with Crippen molar-refractivity contribution in [2.45, 2.75) is 0 Å². The van der Waals surface area contributed by atoms with Crippen LogP contribution in [0.15, 0.2) is 36.9 Å². The lowest BCUT2D eigenvalue weighted by atomic mass is 10.3. The van der Waals surface area contributed by atoms with Gasteiger partial charge in [0.25, 0.3) is 0 Å². The third-order valence-electron chi connectivity index (χ3n) is 2.57. The zero-order chi connectivity index (χ0) is 12.5. The highest BCUT2D eigenvalue weighted by atomic mass is 35.5. The molecule has 6 heteroatoms. The van der Waals surface area contributed by atoms with E-state index in [4.69, 9.17) is 16.9 Å². The highest BCUT2D eigenvalue weighted by molar-refractivity contribution is 6.30. The second kappa shape index (κ2) is 4.09. The van der Waals surface area contributed by atoms with Crippen molar-refractivity contribution in [2.24, 2.45) is 0 Å². The van der Waals surface area contributed by atoms with Crippen LogP contribution in [0.5, 0.6) is 0 Å². The summed E-state index contributed by atoms with van der Waals surface area (Å²) in [5.74, 6) is 0.629. The van der Waals surface area contributed by atoms with Gasteiger partial charge in [-0.2, -0.15) is 5.26 Å². The minimum atomic E-state index is 0.189. The van der Waals surface area contributed by atoms with Gasteiger partial charge in [0, 0.05) is 6.20 Å². The van der Waals surface area contributed by atoms with Gasteiger partial charge in [-0.3, -0.25) is 4.57 Å². The first-order valence-corrected chi connectivity index (χ1v) is 5.51. The van der Waals surface area contributed by atoms with Crippen LogP contribution in [0.2, 0.25) is 5.15 Å². The van der Waals surface area contributed by atoms with Crippen LogP contribution in [0.3, 0.4) is 0 Å². The minimum Gasteiger partial charge on any atom is -0.298 e. The molecular weight excluding hydrogens is 250 g/mol. The Morgan fingerprint density at radius 3 is 2.94 bits per heavy atom. The highest BCUT2D eigenvalue weighted by Crippen LogP contribution is 2.19. The van der Waals surface area contributed by atoms with Crippen LogP contribution in [0, 0.1) is 11.3 Å². The van der Waals surface area contributed by atoms with Gasteiger partial charge < -0.3 is 0 Å². The standard InChI is InChI=1S/C12H6ClN5/c13-12-8(5-14)1-2-11(17-12)18-4-3-9-10(18)6-15-7-16-9/h1-4,6-7H. The molecular formula is C12H6ClN5. The van der Waals surface area contributed by atoms with Crippen LogP contribution >= 0.6 is 11.6 Å². The molecule has 3 rings (SSSR count). The van der Waals surface area contributed by atoms with Crippen molar-refractivity contribution in [2.75, 3.05) is 0 Å². The van der Waals surface area contributed by atoms with Crippen molar-refractivity contribution in [3.05, 3.63) is 47.6 Å². The van der Waals surface area contributed by atoms with Gasteiger partial charge in [-0.1, -0.05) is 11.6 Å². The monoisotopic (exact) mass is 255 g/mol. The Kier molecular flexibility index (Phi) is 2.43. The largest absolute Gasteiger partial charge is 0.298 e. The molecule has 3 aromatic rings. The summed E-state index contributed by atoms with van der Waals surface area (Å²) in [6.45, 7) is 0. The van der Waals surface area contributed by atoms with Crippen molar-refractivity contribution < 1.29 is 0 Å². The Morgan fingerprint density at radius 1 is 1.28 bits per heavy atom. The van der Waals surface area contributed by atoms with Crippen molar-refractivity contribution in [3.63, 3.8) is 0 Å². The Labute approximate surface area is 107 Å². The number of nitriles is 1. The lowest BCUT2D eigenvalue weighted by Crippen LogP contribution is -1.97. The van der Waals surface area contributed by atoms with Gasteiger partial charge in [-0.05, 0) is 18.2 Å². The van der Waals surface area contributed by atoms with Gasteiger partial charge in [0.05, 0.1) is 22.8 Å². The Balaban J connectivity index is 2.21. The average molecular weight is 256 g/mol. The van der Waals surface area contributed by atoms with Crippen molar-refractivity contribution in [1.29, 1.82) is 5.26 Å². The number of fused-ring (bicyclic) bond motifs is 1. The highest BCUT2D eigenvalue weighted by Gasteiger charge is 2.07. The Bertz CT molecular complexity index is 771. The van der Waals surface area contributed by atoms with E-state index in [1.54, 1.807) is 18.3 Å². The van der Waals surface area contributed by atoms with Gasteiger partial charge in [0.1, 0.15) is 23.4 Å². The number of hydrogen-bond donors (Lipinski definition) is 0. The smallest absolute Gasteiger partial charge is 0.149 e.